The number of fused-ring (bicyclic) bond motifs is 14. The van der Waals surface area contributed by atoms with Crippen LogP contribution in [-0.4, -0.2) is 9.13 Å². The molecule has 0 atom stereocenters. The topological polar surface area (TPSA) is 33.6 Å². The molecule has 0 aliphatic carbocycles. The Bertz CT molecular complexity index is 3480. The maximum atomic E-state index is 15.6. The van der Waals surface area contributed by atoms with Crippen LogP contribution >= 0.6 is 22.7 Å². The third-order valence-corrected chi connectivity index (χ3v) is 13.6. The third kappa shape index (κ3) is 4.28. The van der Waals surface area contributed by atoms with Crippen molar-refractivity contribution in [3.63, 3.8) is 0 Å². The predicted molar refractivity (Wildman–Crippen MR) is 231 cm³/mol. The first-order chi connectivity index (χ1) is 27.6. The van der Waals surface area contributed by atoms with Crippen molar-refractivity contribution >= 4 is 107 Å². The Hall–Kier alpha value is -6.85. The van der Waals surface area contributed by atoms with E-state index in [1.807, 2.05) is 36.4 Å². The molecule has 262 valence electrons. The van der Waals surface area contributed by atoms with Crippen LogP contribution in [0.25, 0.3) is 106 Å². The van der Waals surface area contributed by atoms with E-state index in [0.717, 1.165) is 69.9 Å². The zero-order valence-electron chi connectivity index (χ0n) is 29.3. The van der Waals surface area contributed by atoms with Gasteiger partial charge in [0.25, 0.3) is 0 Å². The average molecular weight is 758 g/mol. The second-order valence-corrected chi connectivity index (χ2v) is 16.3. The Morgan fingerprint density at radius 3 is 1.36 bits per heavy atom. The Morgan fingerprint density at radius 2 is 0.875 bits per heavy atom. The summed E-state index contributed by atoms with van der Waals surface area (Å²) in [6, 6.07) is 52.1. The zero-order chi connectivity index (χ0) is 37.2. The quantitative estimate of drug-likeness (QED) is 0.177. The monoisotopic (exact) mass is 757 g/mol. The lowest BCUT2D eigenvalue weighted by Crippen LogP contribution is -2.05. The van der Waals surface area contributed by atoms with Gasteiger partial charge in [-0.05, 0) is 54.1 Å². The van der Waals surface area contributed by atoms with Crippen molar-refractivity contribution in [3.05, 3.63) is 169 Å². The fraction of sp³-hybridized carbons (Fsp3) is 0. The number of thiophene rings is 2. The van der Waals surface area contributed by atoms with Gasteiger partial charge in [0.15, 0.2) is 0 Å². The van der Waals surface area contributed by atoms with Crippen LogP contribution in [0.1, 0.15) is 5.56 Å². The van der Waals surface area contributed by atoms with Crippen LogP contribution in [0.4, 0.5) is 8.78 Å². The molecule has 12 rings (SSSR count). The maximum Gasteiger partial charge on any atom is 0.126 e. The largest absolute Gasteiger partial charge is 0.307 e. The first kappa shape index (κ1) is 31.5. The Balaban J connectivity index is 1.33. The molecule has 0 aliphatic heterocycles. The highest BCUT2D eigenvalue weighted by Gasteiger charge is 2.26. The SMILES string of the molecule is N#Cc1cc(-n2c3ccccc3c3ccc4c5ccccc5sc4c32)c(-c2cc(F)cc(F)c2)c(-n2c3ccccc3c3ccc4c5ccccc5sc4c32)c1. The molecule has 0 N–H and O–H groups in total. The average Bonchev–Trinajstić information content (AvgIpc) is 3.97. The lowest BCUT2D eigenvalue weighted by atomic mass is 9.97. The van der Waals surface area contributed by atoms with Crippen LogP contribution in [0.5, 0.6) is 0 Å². The van der Waals surface area contributed by atoms with Gasteiger partial charge in [0.05, 0.1) is 54.5 Å². The van der Waals surface area contributed by atoms with Crippen LogP contribution in [0.3, 0.4) is 0 Å². The number of nitrogens with zero attached hydrogens (tertiary/aromatic N) is 3. The highest BCUT2D eigenvalue weighted by atomic mass is 32.1. The van der Waals surface area contributed by atoms with E-state index in [1.165, 1.54) is 32.3 Å². The molecule has 4 aromatic heterocycles. The van der Waals surface area contributed by atoms with Crippen molar-refractivity contribution in [1.29, 1.82) is 5.26 Å². The molecular formula is C49H25F2N3S2. The van der Waals surface area contributed by atoms with Crippen LogP contribution in [0.2, 0.25) is 0 Å². The van der Waals surface area contributed by atoms with Gasteiger partial charge < -0.3 is 9.13 Å². The van der Waals surface area contributed by atoms with Gasteiger partial charge in [-0.15, -0.1) is 22.7 Å². The van der Waals surface area contributed by atoms with Gasteiger partial charge in [0.1, 0.15) is 11.6 Å². The summed E-state index contributed by atoms with van der Waals surface area (Å²) in [5.74, 6) is -1.35. The number of hydrogen-bond donors (Lipinski definition) is 0. The second-order valence-electron chi connectivity index (χ2n) is 14.2. The van der Waals surface area contributed by atoms with E-state index in [9.17, 15) is 5.26 Å². The van der Waals surface area contributed by atoms with Gasteiger partial charge in [0.2, 0.25) is 0 Å². The molecule has 0 saturated heterocycles. The fourth-order valence-corrected chi connectivity index (χ4v) is 11.5. The molecule has 8 aromatic carbocycles. The summed E-state index contributed by atoms with van der Waals surface area (Å²) in [6.07, 6.45) is 0. The molecule has 0 saturated carbocycles. The van der Waals surface area contributed by atoms with Crippen LogP contribution in [0.15, 0.2) is 152 Å². The van der Waals surface area contributed by atoms with Gasteiger partial charge >= 0.3 is 0 Å². The third-order valence-electron chi connectivity index (χ3n) is 11.2. The molecular weight excluding hydrogens is 733 g/mol. The molecule has 7 heteroatoms. The summed E-state index contributed by atoms with van der Waals surface area (Å²) in [6.45, 7) is 0. The van der Waals surface area contributed by atoms with Gasteiger partial charge in [-0.25, -0.2) is 8.78 Å². The van der Waals surface area contributed by atoms with Crippen molar-refractivity contribution in [2.24, 2.45) is 0 Å². The summed E-state index contributed by atoms with van der Waals surface area (Å²) in [4.78, 5) is 0. The highest BCUT2D eigenvalue weighted by Crippen LogP contribution is 2.48. The molecule has 3 nitrogen and oxygen atoms in total. The maximum absolute atomic E-state index is 15.6. The highest BCUT2D eigenvalue weighted by molar-refractivity contribution is 7.27. The summed E-state index contributed by atoms with van der Waals surface area (Å²) in [5.41, 5.74) is 6.58. The van der Waals surface area contributed by atoms with Crippen LogP contribution in [0, 0.1) is 23.0 Å². The minimum absolute atomic E-state index is 0.376. The first-order valence-corrected chi connectivity index (χ1v) is 19.9. The molecule has 0 radical (unpaired) electrons. The second kappa shape index (κ2) is 11.6. The Kier molecular flexibility index (Phi) is 6.51. The molecule has 4 heterocycles. The predicted octanol–water partition coefficient (Wildman–Crippen LogP) is 14.4. The van der Waals surface area contributed by atoms with Crippen molar-refractivity contribution in [3.8, 4) is 28.6 Å². The van der Waals surface area contributed by atoms with E-state index >= 15 is 8.78 Å². The summed E-state index contributed by atoms with van der Waals surface area (Å²) >= 11 is 3.46. The van der Waals surface area contributed by atoms with E-state index < -0.39 is 11.6 Å². The number of rotatable bonds is 3. The Morgan fingerprint density at radius 1 is 0.446 bits per heavy atom. The lowest BCUT2D eigenvalue weighted by Gasteiger charge is -2.21. The van der Waals surface area contributed by atoms with Crippen molar-refractivity contribution < 1.29 is 8.78 Å². The molecule has 0 amide bonds. The van der Waals surface area contributed by atoms with E-state index in [2.05, 4.69) is 112 Å². The number of benzene rings is 8. The normalized spacial score (nSPS) is 12.1. The minimum atomic E-state index is -0.676. The molecule has 0 unspecified atom stereocenters. The van der Waals surface area contributed by atoms with Gasteiger partial charge in [0, 0.05) is 64.1 Å². The van der Waals surface area contributed by atoms with E-state index in [-0.39, 0.29) is 0 Å². The number of para-hydroxylation sites is 2. The van der Waals surface area contributed by atoms with E-state index in [1.54, 1.807) is 22.7 Å². The molecule has 0 spiro atoms. The molecule has 12 aromatic rings. The standard InChI is InChI=1S/C49H25F2N3S2/c50-29-23-28(24-30(51)25-29)45-41(53-39-13-5-1-9-31(39)35-17-19-37-33-11-3-7-15-43(33)55-48(37)46(35)53)21-27(26-52)22-42(45)54-40-14-6-2-10-32(40)36-18-20-38-34-12-4-8-16-44(34)56-49(38)47(36)54/h1-25H. The zero-order valence-corrected chi connectivity index (χ0v) is 31.0. The van der Waals surface area contributed by atoms with Gasteiger partial charge in [-0.3, -0.25) is 0 Å². The number of halogens is 2. The van der Waals surface area contributed by atoms with Crippen LogP contribution in [-0.2, 0) is 0 Å². The van der Waals surface area contributed by atoms with E-state index in [0.29, 0.717) is 28.1 Å². The lowest BCUT2D eigenvalue weighted by molar-refractivity contribution is 0.584. The number of aromatic nitrogens is 2. The molecule has 0 fully saturated rings. The Labute approximate surface area is 325 Å². The van der Waals surface area contributed by atoms with Gasteiger partial charge in [-0.2, -0.15) is 5.26 Å². The first-order valence-electron chi connectivity index (χ1n) is 18.3. The molecule has 56 heavy (non-hydrogen) atoms. The fourth-order valence-electron chi connectivity index (χ4n) is 8.99. The van der Waals surface area contributed by atoms with Crippen molar-refractivity contribution in [1.82, 2.24) is 9.13 Å². The molecule has 0 bridgehead atoms. The smallest absolute Gasteiger partial charge is 0.126 e. The molecule has 0 aliphatic rings. The minimum Gasteiger partial charge on any atom is -0.307 e. The van der Waals surface area contributed by atoms with E-state index in [4.69, 9.17) is 0 Å². The summed E-state index contributed by atoms with van der Waals surface area (Å²) < 4.78 is 40.1. The van der Waals surface area contributed by atoms with Gasteiger partial charge in [-0.1, -0.05) is 97.1 Å². The van der Waals surface area contributed by atoms with Crippen molar-refractivity contribution in [2.45, 2.75) is 0 Å². The van der Waals surface area contributed by atoms with Crippen LogP contribution < -0.4 is 0 Å². The number of hydrogen-bond acceptors (Lipinski definition) is 3. The number of nitriles is 1. The summed E-state index contributed by atoms with van der Waals surface area (Å²) in [5, 5.41) is 19.6. The summed E-state index contributed by atoms with van der Waals surface area (Å²) in [7, 11) is 0. The van der Waals surface area contributed by atoms with Crippen molar-refractivity contribution in [2.75, 3.05) is 0 Å².